The molecule has 1 saturated carbocycles. The van der Waals surface area contributed by atoms with Crippen molar-refractivity contribution in [3.8, 4) is 0 Å². The number of hydrogen-bond donors (Lipinski definition) is 1. The third-order valence-corrected chi connectivity index (χ3v) is 11.5. The molecule has 0 aliphatic heterocycles. The molecule has 1 fully saturated rings. The van der Waals surface area contributed by atoms with E-state index in [-0.39, 0.29) is 35.5 Å². The number of aryl methyl sites for hydroxylation is 1. The summed E-state index contributed by atoms with van der Waals surface area (Å²) in [6, 6.07) is 24.8. The van der Waals surface area contributed by atoms with Crippen molar-refractivity contribution in [1.82, 2.24) is 10.2 Å². The SMILES string of the molecule is Cc1ccc(S(=O)(=O)N(CC(=O)N(Cc2ccc(Cl)cc2Cl)[C@H](Cc2ccccc2)C(=O)NC2CCCC2)c2cccc(Cl)c2C)cc1. The van der Waals surface area contributed by atoms with Gasteiger partial charge in [-0.3, -0.25) is 13.9 Å². The van der Waals surface area contributed by atoms with E-state index in [1.54, 1.807) is 55.5 Å². The van der Waals surface area contributed by atoms with E-state index in [1.807, 2.05) is 37.3 Å². The number of hydrogen-bond acceptors (Lipinski definition) is 4. The Bertz CT molecular complexity index is 1860. The van der Waals surface area contributed by atoms with Crippen LogP contribution in [0.1, 0.15) is 47.9 Å². The molecule has 4 aromatic carbocycles. The van der Waals surface area contributed by atoms with Crippen molar-refractivity contribution >= 4 is 62.3 Å². The van der Waals surface area contributed by atoms with Crippen LogP contribution in [-0.2, 0) is 32.6 Å². The topological polar surface area (TPSA) is 86.8 Å². The molecule has 0 heterocycles. The molecule has 0 radical (unpaired) electrons. The first kappa shape index (κ1) is 35.7. The fourth-order valence-electron chi connectivity index (χ4n) is 5.97. The molecule has 11 heteroatoms. The first-order valence-electron chi connectivity index (χ1n) is 15.9. The van der Waals surface area contributed by atoms with Crippen molar-refractivity contribution in [3.05, 3.63) is 128 Å². The first-order chi connectivity index (χ1) is 22.9. The van der Waals surface area contributed by atoms with Crippen LogP contribution < -0.4 is 9.62 Å². The first-order valence-corrected chi connectivity index (χ1v) is 18.4. The molecule has 1 aliphatic carbocycles. The molecular weight excluding hydrogens is 689 g/mol. The van der Waals surface area contributed by atoms with E-state index in [9.17, 15) is 18.0 Å². The highest BCUT2D eigenvalue weighted by Crippen LogP contribution is 2.32. The highest BCUT2D eigenvalue weighted by molar-refractivity contribution is 7.92. The Morgan fingerprint density at radius 3 is 2.21 bits per heavy atom. The van der Waals surface area contributed by atoms with Crippen LogP contribution in [0.5, 0.6) is 0 Å². The average molecular weight is 727 g/mol. The summed E-state index contributed by atoms with van der Waals surface area (Å²) < 4.78 is 29.8. The molecule has 0 saturated heterocycles. The van der Waals surface area contributed by atoms with Gasteiger partial charge in [0.25, 0.3) is 10.0 Å². The minimum absolute atomic E-state index is 0.000584. The molecule has 48 heavy (non-hydrogen) atoms. The number of nitrogens with one attached hydrogen (secondary N) is 1. The molecule has 0 spiro atoms. The molecule has 252 valence electrons. The van der Waals surface area contributed by atoms with E-state index in [2.05, 4.69) is 5.32 Å². The molecule has 0 unspecified atom stereocenters. The fraction of sp³-hybridized carbons (Fsp3) is 0.297. The molecule has 1 atom stereocenters. The van der Waals surface area contributed by atoms with Crippen LogP contribution in [-0.4, -0.2) is 43.8 Å². The summed E-state index contributed by atoms with van der Waals surface area (Å²) in [5, 5.41) is 4.27. The van der Waals surface area contributed by atoms with Gasteiger partial charge in [-0.15, -0.1) is 0 Å². The molecule has 4 aromatic rings. The Kier molecular flexibility index (Phi) is 11.7. The lowest BCUT2D eigenvalue weighted by Gasteiger charge is -2.35. The summed E-state index contributed by atoms with van der Waals surface area (Å²) >= 11 is 19.3. The van der Waals surface area contributed by atoms with Crippen LogP contribution in [0.25, 0.3) is 0 Å². The van der Waals surface area contributed by atoms with Gasteiger partial charge in [0.05, 0.1) is 10.6 Å². The lowest BCUT2D eigenvalue weighted by atomic mass is 10.0. The molecule has 5 rings (SSSR count). The van der Waals surface area contributed by atoms with Gasteiger partial charge in [-0.05, 0) is 79.8 Å². The van der Waals surface area contributed by atoms with E-state index in [0.29, 0.717) is 26.2 Å². The van der Waals surface area contributed by atoms with Crippen molar-refractivity contribution < 1.29 is 18.0 Å². The van der Waals surface area contributed by atoms with Crippen LogP contribution in [0.15, 0.2) is 95.9 Å². The summed E-state index contributed by atoms with van der Waals surface area (Å²) in [7, 11) is -4.27. The number of anilines is 1. The Labute approximate surface area is 297 Å². The van der Waals surface area contributed by atoms with Gasteiger partial charge in [0.2, 0.25) is 11.8 Å². The van der Waals surface area contributed by atoms with Gasteiger partial charge in [-0.25, -0.2) is 8.42 Å². The number of amides is 2. The van der Waals surface area contributed by atoms with Gasteiger partial charge in [-0.2, -0.15) is 0 Å². The van der Waals surface area contributed by atoms with E-state index in [4.69, 9.17) is 34.8 Å². The van der Waals surface area contributed by atoms with Gasteiger partial charge in [0.1, 0.15) is 12.6 Å². The zero-order valence-electron chi connectivity index (χ0n) is 26.8. The number of nitrogens with zero attached hydrogens (tertiary/aromatic N) is 2. The smallest absolute Gasteiger partial charge is 0.264 e. The van der Waals surface area contributed by atoms with Crippen LogP contribution in [0.2, 0.25) is 15.1 Å². The van der Waals surface area contributed by atoms with Crippen molar-refractivity contribution in [2.75, 3.05) is 10.8 Å². The zero-order chi connectivity index (χ0) is 34.4. The monoisotopic (exact) mass is 725 g/mol. The zero-order valence-corrected chi connectivity index (χ0v) is 29.9. The number of rotatable bonds is 12. The highest BCUT2D eigenvalue weighted by atomic mass is 35.5. The van der Waals surface area contributed by atoms with Crippen LogP contribution >= 0.6 is 34.8 Å². The van der Waals surface area contributed by atoms with Gasteiger partial charge in [-0.1, -0.05) is 108 Å². The molecule has 1 aliphatic rings. The summed E-state index contributed by atoms with van der Waals surface area (Å²) in [6.07, 6.45) is 3.95. The molecular formula is C37H38Cl3N3O4S. The minimum atomic E-state index is -4.27. The number of halogens is 3. The second-order valence-corrected chi connectivity index (χ2v) is 15.3. The van der Waals surface area contributed by atoms with Crippen molar-refractivity contribution in [1.29, 1.82) is 0 Å². The van der Waals surface area contributed by atoms with Crippen LogP contribution in [0.3, 0.4) is 0 Å². The highest BCUT2D eigenvalue weighted by Gasteiger charge is 2.36. The molecule has 7 nitrogen and oxygen atoms in total. The summed E-state index contributed by atoms with van der Waals surface area (Å²) in [5.41, 5.74) is 3.05. The standard InChI is InChI=1S/C37H38Cl3N3O4S/c1-25-15-19-31(20-16-25)48(46,47)43(34-14-8-13-32(39)26(34)2)24-36(44)42(23-28-17-18-29(38)22-33(28)40)35(21-27-9-4-3-5-10-27)37(45)41-30-11-6-7-12-30/h3-5,8-10,13-20,22,30,35H,6-7,11-12,21,23-24H2,1-2H3,(H,41,45)/t35-/m1/s1. The Morgan fingerprint density at radius 1 is 0.854 bits per heavy atom. The third-order valence-electron chi connectivity index (χ3n) is 8.72. The van der Waals surface area contributed by atoms with Crippen LogP contribution in [0, 0.1) is 13.8 Å². The Hall–Kier alpha value is -3.56. The van der Waals surface area contributed by atoms with Gasteiger partial charge >= 0.3 is 0 Å². The molecule has 0 aromatic heterocycles. The maximum atomic E-state index is 14.7. The number of sulfonamides is 1. The van der Waals surface area contributed by atoms with Crippen molar-refractivity contribution in [2.45, 2.75) is 69.5 Å². The number of benzene rings is 4. The van der Waals surface area contributed by atoms with Crippen LogP contribution in [0.4, 0.5) is 5.69 Å². The summed E-state index contributed by atoms with van der Waals surface area (Å²) in [6.45, 7) is 2.92. The van der Waals surface area contributed by atoms with Crippen molar-refractivity contribution in [2.24, 2.45) is 0 Å². The quantitative estimate of drug-likeness (QED) is 0.160. The predicted molar refractivity (Wildman–Crippen MR) is 193 cm³/mol. The van der Waals surface area contributed by atoms with E-state index in [0.717, 1.165) is 41.1 Å². The lowest BCUT2D eigenvalue weighted by Crippen LogP contribution is -2.54. The van der Waals surface area contributed by atoms with E-state index < -0.39 is 28.5 Å². The molecule has 1 N–H and O–H groups in total. The Morgan fingerprint density at radius 2 is 1.54 bits per heavy atom. The maximum Gasteiger partial charge on any atom is 0.264 e. The lowest BCUT2D eigenvalue weighted by molar-refractivity contribution is -0.140. The molecule has 0 bridgehead atoms. The van der Waals surface area contributed by atoms with Gasteiger partial charge in [0, 0.05) is 34.1 Å². The second kappa shape index (κ2) is 15.8. The predicted octanol–water partition coefficient (Wildman–Crippen LogP) is 8.16. The normalized spacial score (nSPS) is 14.0. The van der Waals surface area contributed by atoms with E-state index >= 15 is 0 Å². The van der Waals surface area contributed by atoms with Gasteiger partial charge in [0.15, 0.2) is 0 Å². The Balaban J connectivity index is 1.61. The summed E-state index contributed by atoms with van der Waals surface area (Å²) in [5.74, 6) is -0.894. The third kappa shape index (κ3) is 8.53. The average Bonchev–Trinajstić information content (AvgIpc) is 3.57. The maximum absolute atomic E-state index is 14.7. The number of carbonyl (C=O) groups excluding carboxylic acids is 2. The minimum Gasteiger partial charge on any atom is -0.352 e. The fourth-order valence-corrected chi connectivity index (χ4v) is 8.08. The van der Waals surface area contributed by atoms with E-state index in [1.165, 1.54) is 17.0 Å². The largest absolute Gasteiger partial charge is 0.352 e. The molecule has 2 amide bonds. The van der Waals surface area contributed by atoms with Crippen molar-refractivity contribution in [3.63, 3.8) is 0 Å². The summed E-state index contributed by atoms with van der Waals surface area (Å²) in [4.78, 5) is 30.4. The van der Waals surface area contributed by atoms with Gasteiger partial charge < -0.3 is 10.2 Å². The number of carbonyl (C=O) groups is 2. The second-order valence-electron chi connectivity index (χ2n) is 12.2.